The van der Waals surface area contributed by atoms with Crippen LogP contribution in [0.25, 0.3) is 0 Å². The van der Waals surface area contributed by atoms with Gasteiger partial charge in [-0.1, -0.05) is 26.8 Å². The lowest BCUT2D eigenvalue weighted by Crippen LogP contribution is -2.10. The van der Waals surface area contributed by atoms with E-state index in [4.69, 9.17) is 10.4 Å². The summed E-state index contributed by atoms with van der Waals surface area (Å²) in [5.74, 6) is 0.777. The molecule has 1 aliphatic carbocycles. The van der Waals surface area contributed by atoms with Crippen LogP contribution in [0.2, 0.25) is 0 Å². The molecule has 0 unspecified atom stereocenters. The number of nitrogens with zero attached hydrogens (tertiary/aromatic N) is 1. The van der Waals surface area contributed by atoms with Crippen molar-refractivity contribution in [2.45, 2.75) is 27.2 Å². The fraction of sp³-hybridized carbons (Fsp3) is 0.692. The molecule has 1 aliphatic rings. The van der Waals surface area contributed by atoms with Gasteiger partial charge in [0, 0.05) is 5.92 Å². The first kappa shape index (κ1) is 14.3. The number of nitriles is 1. The topological polar surface area (TPSA) is 61.1 Å². The quantitative estimate of drug-likeness (QED) is 0.738. The average molecular weight is 253 g/mol. The number of ketones is 1. The molecule has 1 rings (SSSR count). The molecule has 94 valence electrons. The van der Waals surface area contributed by atoms with E-state index in [-0.39, 0.29) is 23.0 Å². The van der Waals surface area contributed by atoms with Crippen molar-refractivity contribution in [3.05, 3.63) is 11.0 Å². The van der Waals surface area contributed by atoms with Crippen molar-refractivity contribution in [3.8, 4) is 6.07 Å². The first-order valence-corrected chi connectivity index (χ1v) is 6.85. The zero-order valence-electron chi connectivity index (χ0n) is 10.6. The van der Waals surface area contributed by atoms with Gasteiger partial charge in [-0.25, -0.2) is 0 Å². The Balaban J connectivity index is 2.72. The van der Waals surface area contributed by atoms with Crippen LogP contribution in [0.1, 0.15) is 27.2 Å². The zero-order chi connectivity index (χ0) is 13.1. The van der Waals surface area contributed by atoms with E-state index >= 15 is 0 Å². The Hall–Kier alpha value is -0.790. The molecule has 0 amide bonds. The largest absolute Gasteiger partial charge is 0.389 e. The van der Waals surface area contributed by atoms with Gasteiger partial charge in [0.05, 0.1) is 4.91 Å². The maximum absolute atomic E-state index is 11.5. The van der Waals surface area contributed by atoms with E-state index in [1.54, 1.807) is 0 Å². The number of rotatable bonds is 6. The minimum absolute atomic E-state index is 0.0983. The molecule has 0 radical (unpaired) electrons. The third-order valence-electron chi connectivity index (χ3n) is 3.32. The number of thioether (sulfide) groups is 1. The molecule has 1 saturated carbocycles. The van der Waals surface area contributed by atoms with Gasteiger partial charge in [-0.3, -0.25) is 4.79 Å². The zero-order valence-corrected chi connectivity index (χ0v) is 11.4. The maximum atomic E-state index is 11.5. The van der Waals surface area contributed by atoms with Crippen LogP contribution in [-0.2, 0) is 4.79 Å². The van der Waals surface area contributed by atoms with Gasteiger partial charge in [0.25, 0.3) is 0 Å². The van der Waals surface area contributed by atoms with Gasteiger partial charge in [0.15, 0.2) is 5.78 Å². The van der Waals surface area contributed by atoms with Crippen LogP contribution in [0, 0.1) is 28.6 Å². The standard InChI is InChI=1S/C13H19NO2S/c1-4-5-17-9(7-14)6-10-12(11(16)8-15)13(10,2)3/h6,10,12,15H,4-5,8H2,1-3H3/t10-,12+/m1/s1. The van der Waals surface area contributed by atoms with Crippen LogP contribution in [0.15, 0.2) is 11.0 Å². The SMILES string of the molecule is CCCSC(C#N)=C[C@@H]1[C@@H](C(=O)CO)C1(C)C. The third kappa shape index (κ3) is 3.11. The summed E-state index contributed by atoms with van der Waals surface area (Å²) in [6.07, 6.45) is 2.93. The summed E-state index contributed by atoms with van der Waals surface area (Å²) >= 11 is 1.54. The van der Waals surface area contributed by atoms with E-state index in [1.165, 1.54) is 11.8 Å². The first-order valence-electron chi connectivity index (χ1n) is 5.87. The highest BCUT2D eigenvalue weighted by Crippen LogP contribution is 2.59. The number of allylic oxidation sites excluding steroid dienone is 2. The summed E-state index contributed by atoms with van der Waals surface area (Å²) in [6.45, 7) is 5.68. The van der Waals surface area contributed by atoms with Crippen molar-refractivity contribution in [2.75, 3.05) is 12.4 Å². The highest BCUT2D eigenvalue weighted by atomic mass is 32.2. The Labute approximate surface area is 107 Å². The van der Waals surface area contributed by atoms with E-state index in [1.807, 2.05) is 19.9 Å². The molecular formula is C13H19NO2S. The molecule has 0 saturated heterocycles. The number of Topliss-reactive ketones (excluding diaryl/α,β-unsaturated/α-hetero) is 1. The molecule has 3 nitrogen and oxygen atoms in total. The van der Waals surface area contributed by atoms with Crippen LogP contribution < -0.4 is 0 Å². The number of carbonyl (C=O) groups excluding carboxylic acids is 1. The summed E-state index contributed by atoms with van der Waals surface area (Å²) in [7, 11) is 0. The normalized spacial score (nSPS) is 26.4. The average Bonchev–Trinajstić information content (AvgIpc) is 2.85. The highest BCUT2D eigenvalue weighted by Gasteiger charge is 2.59. The molecule has 1 N–H and O–H groups in total. The molecule has 0 spiro atoms. The van der Waals surface area contributed by atoms with E-state index in [0.29, 0.717) is 4.91 Å². The molecule has 0 aromatic rings. The molecule has 0 aromatic heterocycles. The lowest BCUT2D eigenvalue weighted by atomic mass is 10.1. The van der Waals surface area contributed by atoms with Gasteiger partial charge >= 0.3 is 0 Å². The molecule has 0 bridgehead atoms. The molecule has 4 heteroatoms. The molecule has 1 fully saturated rings. The first-order chi connectivity index (χ1) is 7.98. The number of aliphatic hydroxyl groups excluding tert-OH is 1. The van der Waals surface area contributed by atoms with Crippen molar-refractivity contribution in [3.63, 3.8) is 0 Å². The van der Waals surface area contributed by atoms with Gasteiger partial charge in [0.2, 0.25) is 0 Å². The second-order valence-electron chi connectivity index (χ2n) is 4.94. The Morgan fingerprint density at radius 1 is 1.59 bits per heavy atom. The molecular weight excluding hydrogens is 234 g/mol. The molecule has 2 atom stereocenters. The molecule has 0 heterocycles. The second kappa shape index (κ2) is 5.70. The van der Waals surface area contributed by atoms with Crippen LogP contribution >= 0.6 is 11.8 Å². The van der Waals surface area contributed by atoms with E-state index in [0.717, 1.165) is 12.2 Å². The van der Waals surface area contributed by atoms with Gasteiger partial charge in [-0.2, -0.15) is 5.26 Å². The van der Waals surface area contributed by atoms with Crippen molar-refractivity contribution in [2.24, 2.45) is 17.3 Å². The fourth-order valence-corrected chi connectivity index (χ4v) is 2.93. The van der Waals surface area contributed by atoms with Crippen molar-refractivity contribution in [1.29, 1.82) is 5.26 Å². The van der Waals surface area contributed by atoms with E-state index in [9.17, 15) is 4.79 Å². The lowest BCUT2D eigenvalue weighted by Gasteiger charge is -1.99. The summed E-state index contributed by atoms with van der Waals surface area (Å²) in [6, 6.07) is 2.17. The predicted molar refractivity (Wildman–Crippen MR) is 69.3 cm³/mol. The number of hydrogen-bond donors (Lipinski definition) is 1. The Kier molecular flexibility index (Phi) is 4.79. The van der Waals surface area contributed by atoms with Crippen LogP contribution in [-0.4, -0.2) is 23.2 Å². The fourth-order valence-electron chi connectivity index (χ4n) is 2.19. The van der Waals surface area contributed by atoms with Gasteiger partial charge in [-0.15, -0.1) is 11.8 Å². The summed E-state index contributed by atoms with van der Waals surface area (Å²) in [5.41, 5.74) is -0.116. The molecule has 17 heavy (non-hydrogen) atoms. The summed E-state index contributed by atoms with van der Waals surface area (Å²) < 4.78 is 0. The van der Waals surface area contributed by atoms with Crippen LogP contribution in [0.4, 0.5) is 0 Å². The smallest absolute Gasteiger partial charge is 0.162 e. The monoisotopic (exact) mass is 253 g/mol. The van der Waals surface area contributed by atoms with Crippen LogP contribution in [0.3, 0.4) is 0 Å². The second-order valence-corrected chi connectivity index (χ2v) is 6.08. The Morgan fingerprint density at radius 3 is 2.71 bits per heavy atom. The Bertz CT molecular complexity index is 368. The van der Waals surface area contributed by atoms with Gasteiger partial charge < -0.3 is 5.11 Å². The van der Waals surface area contributed by atoms with Gasteiger partial charge in [0.1, 0.15) is 12.7 Å². The predicted octanol–water partition coefficient (Wildman–Crippen LogP) is 2.37. The maximum Gasteiger partial charge on any atom is 0.162 e. The molecule has 0 aliphatic heterocycles. The third-order valence-corrected chi connectivity index (χ3v) is 4.47. The minimum atomic E-state index is -0.400. The highest BCUT2D eigenvalue weighted by molar-refractivity contribution is 8.03. The number of hydrogen-bond acceptors (Lipinski definition) is 4. The van der Waals surface area contributed by atoms with E-state index in [2.05, 4.69) is 13.0 Å². The van der Waals surface area contributed by atoms with E-state index < -0.39 is 6.61 Å². The van der Waals surface area contributed by atoms with Crippen molar-refractivity contribution in [1.82, 2.24) is 0 Å². The minimum Gasteiger partial charge on any atom is -0.389 e. The van der Waals surface area contributed by atoms with Crippen LogP contribution in [0.5, 0.6) is 0 Å². The molecule has 0 aromatic carbocycles. The van der Waals surface area contributed by atoms with Crippen molar-refractivity contribution < 1.29 is 9.90 Å². The summed E-state index contributed by atoms with van der Waals surface area (Å²) in [5, 5.41) is 17.9. The van der Waals surface area contributed by atoms with Gasteiger partial charge in [-0.05, 0) is 23.5 Å². The number of carbonyl (C=O) groups is 1. The Morgan fingerprint density at radius 2 is 2.24 bits per heavy atom. The van der Waals surface area contributed by atoms with Crippen molar-refractivity contribution >= 4 is 17.5 Å². The number of aliphatic hydroxyl groups is 1. The lowest BCUT2D eigenvalue weighted by molar-refractivity contribution is -0.123. The summed E-state index contributed by atoms with van der Waals surface area (Å²) in [4.78, 5) is 12.2.